The normalized spacial score (nSPS) is 11.8. The number of imidazole rings is 1. The monoisotopic (exact) mass is 605 g/mol. The van der Waals surface area contributed by atoms with Gasteiger partial charge in [0.1, 0.15) is 17.8 Å². The minimum absolute atomic E-state index is 0.0132. The lowest BCUT2D eigenvalue weighted by Crippen LogP contribution is -2.29. The molecule has 0 radical (unpaired) electrons. The van der Waals surface area contributed by atoms with Gasteiger partial charge < -0.3 is 25.3 Å². The van der Waals surface area contributed by atoms with Crippen LogP contribution in [0, 0.1) is 12.7 Å². The van der Waals surface area contributed by atoms with Crippen molar-refractivity contribution in [2.24, 2.45) is 0 Å². The highest BCUT2D eigenvalue weighted by Crippen LogP contribution is 2.34. The summed E-state index contributed by atoms with van der Waals surface area (Å²) in [6, 6.07) is 13.9. The molecule has 3 aromatic heterocycles. The van der Waals surface area contributed by atoms with Crippen molar-refractivity contribution in [3.8, 4) is 0 Å². The summed E-state index contributed by atoms with van der Waals surface area (Å²) in [5, 5.41) is 9.50. The average molecular weight is 606 g/mol. The molecule has 10 nitrogen and oxygen atoms in total. The highest BCUT2D eigenvalue weighted by Gasteiger charge is 2.31. The first-order valence-electron chi connectivity index (χ1n) is 12.8. The van der Waals surface area contributed by atoms with Gasteiger partial charge in [-0.15, -0.1) is 0 Å². The maximum Gasteiger partial charge on any atom is 0.287 e. The van der Waals surface area contributed by atoms with Crippen molar-refractivity contribution in [3.05, 3.63) is 106 Å². The van der Waals surface area contributed by atoms with E-state index in [1.54, 1.807) is 25.4 Å². The fourth-order valence-corrected chi connectivity index (χ4v) is 5.54. The molecule has 0 saturated carbocycles. The molecular formula is C29H25ClFN7O3S. The van der Waals surface area contributed by atoms with Crippen molar-refractivity contribution >= 4 is 57.1 Å². The van der Waals surface area contributed by atoms with E-state index in [0.29, 0.717) is 17.2 Å². The number of hydrogen-bond acceptors (Lipinski definition) is 8. The SMILES string of the molecule is CNC(c1cc(F)ccc1Cl)c1c(NC(=O)c2nsc3ccccc23)nc(C(=O)NCc2ccc(C)nc2)n1CC=O. The Hall–Kier alpha value is -4.52. The Balaban J connectivity index is 1.59. The van der Waals surface area contributed by atoms with Crippen LogP contribution in [0.1, 0.15) is 49.7 Å². The third-order valence-electron chi connectivity index (χ3n) is 6.55. The van der Waals surface area contributed by atoms with Crippen LogP contribution in [0.5, 0.6) is 0 Å². The molecule has 42 heavy (non-hydrogen) atoms. The second kappa shape index (κ2) is 12.6. The number of aromatic nitrogens is 4. The van der Waals surface area contributed by atoms with E-state index in [9.17, 15) is 18.8 Å². The van der Waals surface area contributed by atoms with Gasteiger partial charge in [0.2, 0.25) is 5.82 Å². The van der Waals surface area contributed by atoms with E-state index in [-0.39, 0.29) is 41.1 Å². The van der Waals surface area contributed by atoms with Crippen LogP contribution in [0.3, 0.4) is 0 Å². The number of anilines is 1. The summed E-state index contributed by atoms with van der Waals surface area (Å²) in [5.41, 5.74) is 2.31. The number of benzene rings is 2. The number of aryl methyl sites for hydroxylation is 1. The van der Waals surface area contributed by atoms with Crippen LogP contribution in [-0.4, -0.2) is 44.1 Å². The Morgan fingerprint density at radius 2 is 1.95 bits per heavy atom. The number of halogens is 2. The third kappa shape index (κ3) is 5.91. The van der Waals surface area contributed by atoms with Gasteiger partial charge in [-0.25, -0.2) is 9.37 Å². The summed E-state index contributed by atoms with van der Waals surface area (Å²) in [7, 11) is 1.60. The van der Waals surface area contributed by atoms with E-state index in [4.69, 9.17) is 11.6 Å². The highest BCUT2D eigenvalue weighted by molar-refractivity contribution is 7.13. The van der Waals surface area contributed by atoms with Crippen LogP contribution in [0.25, 0.3) is 10.1 Å². The zero-order chi connectivity index (χ0) is 29.8. The van der Waals surface area contributed by atoms with E-state index in [0.717, 1.165) is 16.0 Å². The van der Waals surface area contributed by atoms with E-state index in [1.165, 1.54) is 34.3 Å². The van der Waals surface area contributed by atoms with Gasteiger partial charge in [0.25, 0.3) is 11.8 Å². The number of fused-ring (bicyclic) bond motifs is 1. The summed E-state index contributed by atoms with van der Waals surface area (Å²) in [5.74, 6) is -1.86. The van der Waals surface area contributed by atoms with Crippen LogP contribution in [0.4, 0.5) is 10.2 Å². The Labute approximate surface area is 249 Å². The molecule has 0 fully saturated rings. The van der Waals surface area contributed by atoms with Crippen LogP contribution < -0.4 is 16.0 Å². The first-order valence-corrected chi connectivity index (χ1v) is 14.0. The van der Waals surface area contributed by atoms with Gasteiger partial charge in [0.15, 0.2) is 5.82 Å². The van der Waals surface area contributed by atoms with Crippen LogP contribution >= 0.6 is 23.1 Å². The van der Waals surface area contributed by atoms with Gasteiger partial charge in [-0.1, -0.05) is 35.9 Å². The summed E-state index contributed by atoms with van der Waals surface area (Å²) < 4.78 is 20.9. The van der Waals surface area contributed by atoms with Crippen LogP contribution in [-0.2, 0) is 17.9 Å². The Morgan fingerprint density at radius 3 is 2.69 bits per heavy atom. The second-order valence-corrected chi connectivity index (χ2v) is 10.5. The topological polar surface area (TPSA) is 131 Å². The summed E-state index contributed by atoms with van der Waals surface area (Å²) in [6.45, 7) is 1.72. The fraction of sp³-hybridized carbons (Fsp3) is 0.172. The lowest BCUT2D eigenvalue weighted by atomic mass is 10.0. The van der Waals surface area contributed by atoms with Gasteiger partial charge in [-0.3, -0.25) is 14.6 Å². The summed E-state index contributed by atoms with van der Waals surface area (Å²) in [4.78, 5) is 47.5. The molecule has 2 aromatic carbocycles. The highest BCUT2D eigenvalue weighted by atomic mass is 35.5. The van der Waals surface area contributed by atoms with E-state index >= 15 is 0 Å². The Kier molecular flexibility index (Phi) is 8.67. The molecule has 1 unspecified atom stereocenters. The zero-order valence-electron chi connectivity index (χ0n) is 22.5. The van der Waals surface area contributed by atoms with Gasteiger partial charge in [0.05, 0.1) is 23.0 Å². The summed E-state index contributed by atoms with van der Waals surface area (Å²) >= 11 is 7.64. The molecular weight excluding hydrogens is 581 g/mol. The number of aldehydes is 1. The number of carbonyl (C=O) groups is 3. The maximum absolute atomic E-state index is 14.4. The van der Waals surface area contributed by atoms with E-state index in [1.807, 2.05) is 31.2 Å². The van der Waals surface area contributed by atoms with Crippen molar-refractivity contribution in [1.82, 2.24) is 29.5 Å². The molecule has 3 N–H and O–H groups in total. The number of pyridine rings is 1. The number of amides is 2. The lowest BCUT2D eigenvalue weighted by molar-refractivity contribution is -0.108. The van der Waals surface area contributed by atoms with Gasteiger partial charge in [-0.2, -0.15) is 4.37 Å². The van der Waals surface area contributed by atoms with Gasteiger partial charge >= 0.3 is 0 Å². The first kappa shape index (κ1) is 29.0. The Morgan fingerprint density at radius 1 is 1.14 bits per heavy atom. The van der Waals surface area contributed by atoms with Crippen molar-refractivity contribution < 1.29 is 18.8 Å². The zero-order valence-corrected chi connectivity index (χ0v) is 24.1. The standard InChI is InChI=1S/C29H25ClFN7O3S/c1-16-7-8-17(14-33-16)15-34-29(41)27-35-26(36-28(40)24-19-5-3-4-6-22(19)42-37-24)25(38(27)11-12-39)23(32-2)20-13-18(31)9-10-21(20)30/h3-10,12-14,23,32H,11,15H2,1-2H3,(H,34,41)(H,36,40). The molecule has 3 heterocycles. The van der Waals surface area contributed by atoms with Crippen molar-refractivity contribution in [2.45, 2.75) is 26.1 Å². The predicted octanol–water partition coefficient (Wildman–Crippen LogP) is 4.68. The minimum Gasteiger partial charge on any atom is -0.345 e. The van der Waals surface area contributed by atoms with Gasteiger partial charge in [0, 0.05) is 28.8 Å². The largest absolute Gasteiger partial charge is 0.345 e. The maximum atomic E-state index is 14.4. The average Bonchev–Trinajstić information content (AvgIpc) is 3.57. The van der Waals surface area contributed by atoms with Crippen LogP contribution in [0.15, 0.2) is 60.8 Å². The quantitative estimate of drug-likeness (QED) is 0.197. The second-order valence-electron chi connectivity index (χ2n) is 9.31. The van der Waals surface area contributed by atoms with E-state index < -0.39 is 23.7 Å². The molecule has 1 atom stereocenters. The molecule has 5 aromatic rings. The van der Waals surface area contributed by atoms with Crippen LogP contribution in [0.2, 0.25) is 5.02 Å². The number of rotatable bonds is 10. The molecule has 0 bridgehead atoms. The number of nitrogens with one attached hydrogen (secondary N) is 3. The van der Waals surface area contributed by atoms with E-state index in [2.05, 4.69) is 30.3 Å². The lowest BCUT2D eigenvalue weighted by Gasteiger charge is -2.21. The minimum atomic E-state index is -0.869. The molecule has 0 aliphatic heterocycles. The fourth-order valence-electron chi connectivity index (χ4n) is 4.54. The molecule has 0 aliphatic carbocycles. The molecule has 214 valence electrons. The predicted molar refractivity (Wildman–Crippen MR) is 158 cm³/mol. The Bertz CT molecular complexity index is 1790. The van der Waals surface area contributed by atoms with Crippen molar-refractivity contribution in [1.29, 1.82) is 0 Å². The van der Waals surface area contributed by atoms with Crippen molar-refractivity contribution in [3.63, 3.8) is 0 Å². The third-order valence-corrected chi connectivity index (χ3v) is 7.72. The molecule has 5 rings (SSSR count). The molecule has 0 saturated heterocycles. The molecule has 13 heteroatoms. The summed E-state index contributed by atoms with van der Waals surface area (Å²) in [6.07, 6.45) is 2.25. The molecule has 0 aliphatic rings. The first-order chi connectivity index (χ1) is 20.3. The number of hydrogen-bond donors (Lipinski definition) is 3. The van der Waals surface area contributed by atoms with Crippen molar-refractivity contribution in [2.75, 3.05) is 12.4 Å². The number of nitrogens with zero attached hydrogens (tertiary/aromatic N) is 4. The molecule has 0 spiro atoms. The van der Waals surface area contributed by atoms with Gasteiger partial charge in [-0.05, 0) is 67.0 Å². The number of carbonyl (C=O) groups excluding carboxylic acids is 3. The molecule has 2 amide bonds. The smallest absolute Gasteiger partial charge is 0.287 e.